The van der Waals surface area contributed by atoms with Crippen LogP contribution in [0.2, 0.25) is 0 Å². The van der Waals surface area contributed by atoms with E-state index >= 15 is 0 Å². The molecule has 0 unspecified atom stereocenters. The summed E-state index contributed by atoms with van der Waals surface area (Å²) in [7, 11) is -2.10. The van der Waals surface area contributed by atoms with Crippen molar-refractivity contribution in [1.29, 1.82) is 0 Å². The third-order valence-corrected chi connectivity index (χ3v) is 6.98. The number of aromatic nitrogens is 1. The van der Waals surface area contributed by atoms with Crippen molar-refractivity contribution in [2.75, 3.05) is 33.3 Å². The number of hydrogen-bond acceptors (Lipinski definition) is 6. The smallest absolute Gasteiger partial charge is 0.243 e. The molecule has 0 atom stereocenters. The monoisotopic (exact) mass is 431 g/mol. The normalized spacial score (nSPS) is 15.9. The standard InChI is InChI=1S/C21H22FN3O4S/c1-28-21-8-3-2-7-19(21)20-14-17(29-23-20)15-24-9-11-25(12-10-24)30(26,27)18-6-4-5-16(22)13-18/h2-8,13-14H,9-12,15H2,1H3. The second-order valence-corrected chi connectivity index (χ2v) is 8.95. The first kappa shape index (κ1) is 20.5. The topological polar surface area (TPSA) is 75.9 Å². The van der Waals surface area contributed by atoms with Gasteiger partial charge in [-0.3, -0.25) is 4.90 Å². The Kier molecular flexibility index (Phi) is 5.85. The van der Waals surface area contributed by atoms with Crippen LogP contribution in [0.3, 0.4) is 0 Å². The van der Waals surface area contributed by atoms with Crippen molar-refractivity contribution in [3.63, 3.8) is 0 Å². The molecule has 1 aliphatic heterocycles. The number of piperazine rings is 1. The van der Waals surface area contributed by atoms with Gasteiger partial charge >= 0.3 is 0 Å². The second kappa shape index (κ2) is 8.55. The highest BCUT2D eigenvalue weighted by atomic mass is 32.2. The minimum atomic E-state index is -3.70. The first-order valence-electron chi connectivity index (χ1n) is 9.54. The first-order valence-corrected chi connectivity index (χ1v) is 11.0. The van der Waals surface area contributed by atoms with Crippen molar-refractivity contribution in [2.24, 2.45) is 0 Å². The van der Waals surface area contributed by atoms with E-state index in [1.165, 1.54) is 22.5 Å². The van der Waals surface area contributed by atoms with Gasteiger partial charge in [-0.05, 0) is 30.3 Å². The van der Waals surface area contributed by atoms with Crippen molar-refractivity contribution in [3.8, 4) is 17.0 Å². The minimum Gasteiger partial charge on any atom is -0.496 e. The molecular formula is C21H22FN3O4S. The van der Waals surface area contributed by atoms with Gasteiger partial charge in [0.2, 0.25) is 10.0 Å². The molecule has 2 aromatic carbocycles. The third kappa shape index (κ3) is 4.23. The summed E-state index contributed by atoms with van der Waals surface area (Å²) in [6.07, 6.45) is 0. The van der Waals surface area contributed by atoms with E-state index in [-0.39, 0.29) is 4.90 Å². The van der Waals surface area contributed by atoms with E-state index in [0.717, 1.165) is 11.6 Å². The Balaban J connectivity index is 1.39. The average molecular weight is 431 g/mol. The van der Waals surface area contributed by atoms with E-state index in [4.69, 9.17) is 9.26 Å². The summed E-state index contributed by atoms with van der Waals surface area (Å²) in [5.41, 5.74) is 1.54. The average Bonchev–Trinajstić information content (AvgIpc) is 3.22. The Morgan fingerprint density at radius 1 is 1.07 bits per heavy atom. The number of methoxy groups -OCH3 is 1. The van der Waals surface area contributed by atoms with Crippen LogP contribution in [0.4, 0.5) is 4.39 Å². The molecule has 0 bridgehead atoms. The SMILES string of the molecule is COc1ccccc1-c1cc(CN2CCN(S(=O)(=O)c3cccc(F)c3)CC2)on1. The van der Waals surface area contributed by atoms with E-state index in [9.17, 15) is 12.8 Å². The van der Waals surface area contributed by atoms with Crippen LogP contribution in [0, 0.1) is 5.82 Å². The molecule has 1 saturated heterocycles. The predicted octanol–water partition coefficient (Wildman–Crippen LogP) is 3.00. The van der Waals surface area contributed by atoms with Gasteiger partial charge in [-0.1, -0.05) is 23.4 Å². The number of nitrogens with zero attached hydrogens (tertiary/aromatic N) is 3. The van der Waals surface area contributed by atoms with Crippen molar-refractivity contribution in [2.45, 2.75) is 11.4 Å². The summed E-state index contributed by atoms with van der Waals surface area (Å²) in [6.45, 7) is 2.26. The fourth-order valence-electron chi connectivity index (χ4n) is 3.50. The van der Waals surface area contributed by atoms with Gasteiger partial charge in [0.05, 0.1) is 18.6 Å². The Morgan fingerprint density at radius 2 is 1.83 bits per heavy atom. The second-order valence-electron chi connectivity index (χ2n) is 7.02. The lowest BCUT2D eigenvalue weighted by Crippen LogP contribution is -2.48. The summed E-state index contributed by atoms with van der Waals surface area (Å²) in [5.74, 6) is 0.844. The number of sulfonamides is 1. The molecule has 1 aliphatic rings. The van der Waals surface area contributed by atoms with Gasteiger partial charge in [0.15, 0.2) is 5.76 Å². The van der Waals surface area contributed by atoms with E-state index in [1.54, 1.807) is 7.11 Å². The van der Waals surface area contributed by atoms with Crippen LogP contribution in [0.25, 0.3) is 11.3 Å². The molecule has 3 aromatic rings. The number of rotatable bonds is 6. The predicted molar refractivity (Wildman–Crippen MR) is 109 cm³/mol. The van der Waals surface area contributed by atoms with Gasteiger partial charge < -0.3 is 9.26 Å². The van der Waals surface area contributed by atoms with Crippen molar-refractivity contribution < 1.29 is 22.1 Å². The Labute approximate surface area is 174 Å². The molecule has 1 fully saturated rings. The maximum Gasteiger partial charge on any atom is 0.243 e. The van der Waals surface area contributed by atoms with Gasteiger partial charge in [-0.15, -0.1) is 0 Å². The summed E-state index contributed by atoms with van der Waals surface area (Å²) < 4.78 is 51.1. The molecule has 9 heteroatoms. The van der Waals surface area contributed by atoms with Gasteiger partial charge in [-0.2, -0.15) is 4.31 Å². The molecule has 1 aromatic heterocycles. The summed E-state index contributed by atoms with van der Waals surface area (Å²) >= 11 is 0. The van der Waals surface area contributed by atoms with E-state index in [2.05, 4.69) is 10.1 Å². The van der Waals surface area contributed by atoms with E-state index < -0.39 is 15.8 Å². The van der Waals surface area contributed by atoms with E-state index in [0.29, 0.717) is 49.9 Å². The first-order chi connectivity index (χ1) is 14.5. The fourth-order valence-corrected chi connectivity index (χ4v) is 4.95. The fraction of sp³-hybridized carbons (Fsp3) is 0.286. The lowest BCUT2D eigenvalue weighted by molar-refractivity contribution is 0.166. The lowest BCUT2D eigenvalue weighted by atomic mass is 10.1. The molecule has 4 rings (SSSR count). The largest absolute Gasteiger partial charge is 0.496 e. The molecule has 0 saturated carbocycles. The molecule has 2 heterocycles. The van der Waals surface area contributed by atoms with Crippen LogP contribution in [-0.2, 0) is 16.6 Å². The summed E-state index contributed by atoms with van der Waals surface area (Å²) in [6, 6.07) is 14.5. The molecule has 7 nitrogen and oxygen atoms in total. The van der Waals surface area contributed by atoms with Crippen molar-refractivity contribution in [1.82, 2.24) is 14.4 Å². The molecule has 0 aliphatic carbocycles. The number of halogens is 1. The summed E-state index contributed by atoms with van der Waals surface area (Å²) in [4.78, 5) is 2.08. The Morgan fingerprint density at radius 3 is 2.57 bits per heavy atom. The zero-order chi connectivity index (χ0) is 21.1. The highest BCUT2D eigenvalue weighted by Gasteiger charge is 2.29. The maximum atomic E-state index is 13.4. The van der Waals surface area contributed by atoms with Crippen LogP contribution >= 0.6 is 0 Å². The molecule has 0 amide bonds. The lowest BCUT2D eigenvalue weighted by Gasteiger charge is -2.33. The van der Waals surface area contributed by atoms with Gasteiger partial charge in [0.25, 0.3) is 0 Å². The molecule has 0 spiro atoms. The van der Waals surface area contributed by atoms with E-state index in [1.807, 2.05) is 30.3 Å². The van der Waals surface area contributed by atoms with Crippen LogP contribution in [0.5, 0.6) is 5.75 Å². The number of hydrogen-bond donors (Lipinski definition) is 0. The van der Waals surface area contributed by atoms with Crippen molar-refractivity contribution in [3.05, 3.63) is 66.2 Å². The molecule has 158 valence electrons. The van der Waals surface area contributed by atoms with Crippen LogP contribution in [-0.4, -0.2) is 56.1 Å². The van der Waals surface area contributed by atoms with Crippen LogP contribution in [0.15, 0.2) is 64.0 Å². The number of ether oxygens (including phenoxy) is 1. The third-order valence-electron chi connectivity index (χ3n) is 5.09. The minimum absolute atomic E-state index is 0.0207. The van der Waals surface area contributed by atoms with Crippen LogP contribution < -0.4 is 4.74 Å². The zero-order valence-electron chi connectivity index (χ0n) is 16.5. The van der Waals surface area contributed by atoms with Crippen molar-refractivity contribution >= 4 is 10.0 Å². The quantitative estimate of drug-likeness (QED) is 0.597. The Bertz CT molecular complexity index is 1120. The van der Waals surface area contributed by atoms with Crippen LogP contribution in [0.1, 0.15) is 5.76 Å². The summed E-state index contributed by atoms with van der Waals surface area (Å²) in [5, 5.41) is 4.14. The highest BCUT2D eigenvalue weighted by molar-refractivity contribution is 7.89. The molecule has 30 heavy (non-hydrogen) atoms. The zero-order valence-corrected chi connectivity index (χ0v) is 17.3. The Hall–Kier alpha value is -2.75. The van der Waals surface area contributed by atoms with Gasteiger partial charge in [0.1, 0.15) is 17.3 Å². The highest BCUT2D eigenvalue weighted by Crippen LogP contribution is 2.29. The maximum absolute atomic E-state index is 13.4. The van der Waals surface area contributed by atoms with Gasteiger partial charge in [-0.25, -0.2) is 12.8 Å². The van der Waals surface area contributed by atoms with Gasteiger partial charge in [0, 0.05) is 37.8 Å². The molecular weight excluding hydrogens is 409 g/mol. The molecule has 0 N–H and O–H groups in total. The number of benzene rings is 2. The number of para-hydroxylation sites is 1. The molecule has 0 radical (unpaired) electrons.